The average molecular weight is 607 g/mol. The summed E-state index contributed by atoms with van der Waals surface area (Å²) in [5, 5.41) is 0.307. The van der Waals surface area contributed by atoms with Gasteiger partial charge in [0, 0.05) is 22.7 Å². The van der Waals surface area contributed by atoms with Gasteiger partial charge in [-0.15, -0.1) is 0 Å². The number of rotatable bonds is 8. The molecule has 0 radical (unpaired) electrons. The highest BCUT2D eigenvalue weighted by molar-refractivity contribution is 9.10. The highest BCUT2D eigenvalue weighted by atomic mass is 79.9. The largest absolute Gasteiger partial charge is 0.497 e. The van der Waals surface area contributed by atoms with Crippen molar-refractivity contribution >= 4 is 45.1 Å². The van der Waals surface area contributed by atoms with Crippen LogP contribution in [0.15, 0.2) is 59.1 Å². The Morgan fingerprint density at radius 1 is 1.03 bits per heavy atom. The van der Waals surface area contributed by atoms with Gasteiger partial charge in [0.1, 0.15) is 18.2 Å². The molecule has 0 spiro atoms. The zero-order chi connectivity index (χ0) is 27.4. The Morgan fingerprint density at radius 2 is 1.74 bits per heavy atom. The molecule has 7 nitrogen and oxygen atoms in total. The van der Waals surface area contributed by atoms with Gasteiger partial charge >= 0.3 is 5.97 Å². The molecule has 1 heterocycles. The van der Waals surface area contributed by atoms with Crippen molar-refractivity contribution in [3.8, 4) is 17.2 Å². The van der Waals surface area contributed by atoms with Crippen molar-refractivity contribution in [1.29, 1.82) is 0 Å². The molecule has 4 rings (SSSR count). The van der Waals surface area contributed by atoms with E-state index in [0.29, 0.717) is 33.5 Å². The highest BCUT2D eigenvalue weighted by Gasteiger charge is 2.42. The Morgan fingerprint density at radius 3 is 2.39 bits per heavy atom. The molecular weight excluding hydrogens is 581 g/mol. The first-order valence-corrected chi connectivity index (χ1v) is 12.9. The number of nitrogens with zero attached hydrogens (tertiary/aromatic N) is 1. The van der Waals surface area contributed by atoms with Crippen molar-refractivity contribution in [2.24, 2.45) is 5.92 Å². The first-order chi connectivity index (χ1) is 18.3. The lowest BCUT2D eigenvalue weighted by Gasteiger charge is -2.40. The van der Waals surface area contributed by atoms with Gasteiger partial charge in [-0.05, 0) is 76.4 Å². The minimum atomic E-state index is -0.737. The molecule has 0 N–H and O–H groups in total. The van der Waals surface area contributed by atoms with Crippen LogP contribution in [0.25, 0.3) is 0 Å². The van der Waals surface area contributed by atoms with Crippen LogP contribution >= 0.6 is 27.5 Å². The van der Waals surface area contributed by atoms with Gasteiger partial charge in [0.25, 0.3) is 0 Å². The fourth-order valence-corrected chi connectivity index (χ4v) is 5.45. The zero-order valence-electron chi connectivity index (χ0n) is 21.0. The van der Waals surface area contributed by atoms with E-state index in [9.17, 15) is 14.0 Å². The molecule has 2 atom stereocenters. The third kappa shape index (κ3) is 5.73. The number of carbonyl (C=O) groups excluding carboxylic acids is 2. The van der Waals surface area contributed by atoms with E-state index in [-0.39, 0.29) is 35.4 Å². The molecule has 38 heavy (non-hydrogen) atoms. The molecule has 2 unspecified atom stereocenters. The number of esters is 1. The summed E-state index contributed by atoms with van der Waals surface area (Å²) in [5.74, 6) is -0.413. The number of hydrogen-bond donors (Lipinski definition) is 0. The summed E-state index contributed by atoms with van der Waals surface area (Å²) in [6.07, 6.45) is 0.387. The molecule has 0 aromatic heterocycles. The number of benzene rings is 3. The first kappa shape index (κ1) is 27.7. The van der Waals surface area contributed by atoms with Crippen LogP contribution in [0.5, 0.6) is 17.2 Å². The second kappa shape index (κ2) is 12.0. The van der Waals surface area contributed by atoms with E-state index in [0.717, 1.165) is 0 Å². The quantitative estimate of drug-likeness (QED) is 0.215. The normalized spacial score (nSPS) is 17.2. The third-order valence-electron chi connectivity index (χ3n) is 6.44. The lowest BCUT2D eigenvalue weighted by atomic mass is 9.83. The van der Waals surface area contributed by atoms with Gasteiger partial charge < -0.3 is 23.8 Å². The molecule has 3 aromatic carbocycles. The van der Waals surface area contributed by atoms with Crippen LogP contribution in [0, 0.1) is 11.7 Å². The Hall–Kier alpha value is -3.30. The second-order valence-corrected chi connectivity index (χ2v) is 9.93. The van der Waals surface area contributed by atoms with Crippen molar-refractivity contribution < 1.29 is 32.9 Å². The van der Waals surface area contributed by atoms with E-state index in [1.54, 1.807) is 54.5 Å². The minimum absolute atomic E-state index is 0.132. The number of anilines is 1. The molecule has 0 saturated carbocycles. The minimum Gasteiger partial charge on any atom is -0.497 e. The maximum absolute atomic E-state index is 14.6. The van der Waals surface area contributed by atoms with Crippen molar-refractivity contribution in [3.05, 3.63) is 81.0 Å². The molecule has 1 aliphatic rings. The Kier molecular flexibility index (Phi) is 8.79. The van der Waals surface area contributed by atoms with Crippen LogP contribution < -0.4 is 19.1 Å². The van der Waals surface area contributed by atoms with Gasteiger partial charge in [-0.25, -0.2) is 4.39 Å². The molecule has 1 aliphatic heterocycles. The van der Waals surface area contributed by atoms with Gasteiger partial charge in [0.05, 0.1) is 37.8 Å². The molecule has 1 saturated heterocycles. The molecule has 1 fully saturated rings. The summed E-state index contributed by atoms with van der Waals surface area (Å²) >= 11 is 9.18. The summed E-state index contributed by atoms with van der Waals surface area (Å²) < 4.78 is 36.5. The molecule has 10 heteroatoms. The van der Waals surface area contributed by atoms with E-state index in [1.165, 1.54) is 26.4 Å². The predicted molar refractivity (Wildman–Crippen MR) is 144 cm³/mol. The molecule has 1 amide bonds. The van der Waals surface area contributed by atoms with Crippen molar-refractivity contribution in [2.75, 3.05) is 26.2 Å². The fourth-order valence-electron chi connectivity index (χ4n) is 4.57. The summed E-state index contributed by atoms with van der Waals surface area (Å²) in [4.78, 5) is 28.4. The van der Waals surface area contributed by atoms with E-state index in [1.807, 2.05) is 0 Å². The van der Waals surface area contributed by atoms with Gasteiger partial charge in [0.15, 0.2) is 11.5 Å². The standard InChI is InChI=1S/C28H26BrClFNO6/c1-35-20-7-5-19(6-8-20)32-25(33)11-9-21(27(32)16-4-10-23(36-2)24(13-16)37-3)28(34)38-15-17-12-18(30)14-22(29)26(17)31/h4-8,10,12-14,21,27H,9,11,15H2,1-3H3. The van der Waals surface area contributed by atoms with Crippen LogP contribution in [0.2, 0.25) is 5.02 Å². The summed E-state index contributed by atoms with van der Waals surface area (Å²) in [6, 6.07) is 14.4. The molecule has 0 aliphatic carbocycles. The zero-order valence-corrected chi connectivity index (χ0v) is 23.3. The smallest absolute Gasteiger partial charge is 0.311 e. The average Bonchev–Trinajstić information content (AvgIpc) is 2.93. The topological polar surface area (TPSA) is 74.3 Å². The highest BCUT2D eigenvalue weighted by Crippen LogP contribution is 2.43. The van der Waals surface area contributed by atoms with E-state index < -0.39 is 23.7 Å². The number of ether oxygens (including phenoxy) is 4. The van der Waals surface area contributed by atoms with Gasteiger partial charge in [-0.2, -0.15) is 0 Å². The van der Waals surface area contributed by atoms with Crippen molar-refractivity contribution in [2.45, 2.75) is 25.5 Å². The SMILES string of the molecule is COc1ccc(N2C(=O)CCC(C(=O)OCc3cc(Cl)cc(Br)c3F)C2c2ccc(OC)c(OC)c2)cc1. The molecular formula is C28H26BrClFNO6. The number of halogens is 3. The summed E-state index contributed by atoms with van der Waals surface area (Å²) in [5.41, 5.74) is 1.39. The summed E-state index contributed by atoms with van der Waals surface area (Å²) in [7, 11) is 4.60. The Bertz CT molecular complexity index is 1340. The van der Waals surface area contributed by atoms with E-state index in [4.69, 9.17) is 30.5 Å². The maximum atomic E-state index is 14.6. The molecule has 200 valence electrons. The van der Waals surface area contributed by atoms with Crippen molar-refractivity contribution in [1.82, 2.24) is 0 Å². The van der Waals surface area contributed by atoms with Gasteiger partial charge in [-0.1, -0.05) is 17.7 Å². The van der Waals surface area contributed by atoms with Crippen LogP contribution in [0.3, 0.4) is 0 Å². The fraction of sp³-hybridized carbons (Fsp3) is 0.286. The van der Waals surface area contributed by atoms with E-state index in [2.05, 4.69) is 15.9 Å². The van der Waals surface area contributed by atoms with Crippen LogP contribution in [0.1, 0.15) is 30.0 Å². The van der Waals surface area contributed by atoms with Gasteiger partial charge in [-0.3, -0.25) is 9.59 Å². The Labute approximate surface area is 233 Å². The van der Waals surface area contributed by atoms with Gasteiger partial charge in [0.2, 0.25) is 5.91 Å². The van der Waals surface area contributed by atoms with E-state index >= 15 is 0 Å². The van der Waals surface area contributed by atoms with Crippen LogP contribution in [-0.4, -0.2) is 33.2 Å². The predicted octanol–water partition coefficient (Wildman–Crippen LogP) is 6.50. The Balaban J connectivity index is 1.72. The number of carbonyl (C=O) groups is 2. The van der Waals surface area contributed by atoms with Crippen molar-refractivity contribution in [3.63, 3.8) is 0 Å². The lowest BCUT2D eigenvalue weighted by Crippen LogP contribution is -2.46. The number of methoxy groups -OCH3 is 3. The van der Waals surface area contributed by atoms with Crippen LogP contribution in [0.4, 0.5) is 10.1 Å². The number of piperidine rings is 1. The lowest BCUT2D eigenvalue weighted by molar-refractivity contribution is -0.152. The second-order valence-electron chi connectivity index (χ2n) is 8.63. The third-order valence-corrected chi connectivity index (χ3v) is 7.23. The first-order valence-electron chi connectivity index (χ1n) is 11.8. The van der Waals surface area contributed by atoms with Crippen LogP contribution in [-0.2, 0) is 20.9 Å². The number of amides is 1. The summed E-state index contributed by atoms with van der Waals surface area (Å²) in [6.45, 7) is -0.310. The maximum Gasteiger partial charge on any atom is 0.311 e. The molecule has 3 aromatic rings. The number of hydrogen-bond acceptors (Lipinski definition) is 6. The molecule has 0 bridgehead atoms. The monoisotopic (exact) mass is 605 g/mol.